The highest BCUT2D eigenvalue weighted by molar-refractivity contribution is 6.04. The summed E-state index contributed by atoms with van der Waals surface area (Å²) < 4.78 is 49.1. The van der Waals surface area contributed by atoms with Gasteiger partial charge in [0.15, 0.2) is 6.23 Å². The molecule has 8 nitrogen and oxygen atoms in total. The van der Waals surface area contributed by atoms with E-state index >= 15 is 0 Å². The third-order valence-corrected chi connectivity index (χ3v) is 6.93. The summed E-state index contributed by atoms with van der Waals surface area (Å²) in [6.07, 6.45) is 4.32. The molecule has 2 aliphatic rings. The second-order valence-electron chi connectivity index (χ2n) is 9.33. The molecule has 0 aliphatic carbocycles. The van der Waals surface area contributed by atoms with Gasteiger partial charge in [-0.15, -0.1) is 0 Å². The third-order valence-electron chi connectivity index (χ3n) is 6.93. The summed E-state index contributed by atoms with van der Waals surface area (Å²) >= 11 is 0. The highest BCUT2D eigenvalue weighted by atomic mass is 19.4. The Kier molecular flexibility index (Phi) is 5.66. The number of hydrogen-bond acceptors (Lipinski definition) is 6. The lowest BCUT2D eigenvalue weighted by atomic mass is 10.1. The molecule has 1 unspecified atom stereocenters. The number of fused-ring (bicyclic) bond motifs is 3. The number of ether oxygens (including phenoxy) is 1. The maximum Gasteiger partial charge on any atom is 0.406 e. The Morgan fingerprint density at radius 1 is 1.06 bits per heavy atom. The number of nitrogens with zero attached hydrogens (tertiary/aromatic N) is 6. The quantitative estimate of drug-likeness (QED) is 0.407. The summed E-state index contributed by atoms with van der Waals surface area (Å²) in [6.45, 7) is 0.881. The minimum absolute atomic E-state index is 0.120. The van der Waals surface area contributed by atoms with E-state index in [2.05, 4.69) is 20.0 Å². The number of pyridine rings is 3. The summed E-state index contributed by atoms with van der Waals surface area (Å²) in [5, 5.41) is 4.91. The molecule has 0 spiro atoms. The zero-order chi connectivity index (χ0) is 24.9. The highest BCUT2D eigenvalue weighted by Gasteiger charge is 2.31. The van der Waals surface area contributed by atoms with E-state index in [1.165, 1.54) is 6.20 Å². The van der Waals surface area contributed by atoms with Crippen molar-refractivity contribution in [1.82, 2.24) is 24.3 Å². The average Bonchev–Trinajstić information content (AvgIpc) is 3.57. The Morgan fingerprint density at radius 3 is 2.64 bits per heavy atom. The Hall–Kier alpha value is -3.47. The third kappa shape index (κ3) is 4.01. The van der Waals surface area contributed by atoms with Crippen molar-refractivity contribution in [2.75, 3.05) is 24.6 Å². The molecule has 11 heteroatoms. The van der Waals surface area contributed by atoms with Crippen LogP contribution in [0.15, 0.2) is 41.6 Å². The van der Waals surface area contributed by atoms with Gasteiger partial charge in [-0.1, -0.05) is 0 Å². The summed E-state index contributed by atoms with van der Waals surface area (Å²) in [5.74, 6) is 0.744. The van der Waals surface area contributed by atoms with Gasteiger partial charge < -0.3 is 9.64 Å². The summed E-state index contributed by atoms with van der Waals surface area (Å²) in [6, 6.07) is 5.21. The summed E-state index contributed by atoms with van der Waals surface area (Å²) in [4.78, 5) is 24.7. The van der Waals surface area contributed by atoms with Crippen molar-refractivity contribution in [1.29, 1.82) is 0 Å². The van der Waals surface area contributed by atoms with Crippen LogP contribution in [0, 0.1) is 0 Å². The minimum Gasteiger partial charge on any atom is -0.356 e. The fourth-order valence-corrected chi connectivity index (χ4v) is 5.29. The molecule has 1 atom stereocenters. The summed E-state index contributed by atoms with van der Waals surface area (Å²) in [5.41, 5.74) is 1.05. The lowest BCUT2D eigenvalue weighted by molar-refractivity contribution is -0.140. The van der Waals surface area contributed by atoms with Crippen LogP contribution in [0.5, 0.6) is 0 Å². The van der Waals surface area contributed by atoms with Gasteiger partial charge in [-0.25, -0.2) is 9.67 Å². The fourth-order valence-electron chi connectivity index (χ4n) is 5.29. The van der Waals surface area contributed by atoms with Gasteiger partial charge in [0.25, 0.3) is 5.56 Å². The van der Waals surface area contributed by atoms with Crippen molar-refractivity contribution < 1.29 is 17.9 Å². The van der Waals surface area contributed by atoms with Gasteiger partial charge in [-0.05, 0) is 50.3 Å². The second kappa shape index (κ2) is 8.88. The standard InChI is InChI=1S/C25H25F3N6O2/c26-25(27,28)15-33-20-12-19(16-6-5-8-29-23(16)32-9-2-3-10-32)30-13-17(20)22-18(24(33)35)14-31-34(22)21-7-1-4-11-36-21/h5-6,8,12-14,21H,1-4,7,9-11,15H2. The van der Waals surface area contributed by atoms with E-state index in [1.807, 2.05) is 6.07 Å². The number of aromatic nitrogens is 5. The second-order valence-corrected chi connectivity index (χ2v) is 9.33. The molecule has 188 valence electrons. The molecule has 0 bridgehead atoms. The van der Waals surface area contributed by atoms with Crippen molar-refractivity contribution in [3.63, 3.8) is 0 Å². The van der Waals surface area contributed by atoms with Gasteiger partial charge in [0.05, 0.1) is 28.3 Å². The highest BCUT2D eigenvalue weighted by Crippen LogP contribution is 2.34. The zero-order valence-corrected chi connectivity index (χ0v) is 19.5. The van der Waals surface area contributed by atoms with E-state index in [4.69, 9.17) is 4.74 Å². The van der Waals surface area contributed by atoms with Crippen LogP contribution in [0.3, 0.4) is 0 Å². The average molecular weight is 499 g/mol. The first-order chi connectivity index (χ1) is 17.4. The van der Waals surface area contributed by atoms with Gasteiger partial charge in [-0.3, -0.25) is 14.3 Å². The van der Waals surface area contributed by atoms with Crippen LogP contribution in [0.1, 0.15) is 38.3 Å². The smallest absolute Gasteiger partial charge is 0.356 e. The molecule has 2 fully saturated rings. The molecular formula is C25H25F3N6O2. The van der Waals surface area contributed by atoms with Crippen molar-refractivity contribution in [3.8, 4) is 11.3 Å². The Morgan fingerprint density at radius 2 is 1.89 bits per heavy atom. The molecule has 2 saturated heterocycles. The predicted molar refractivity (Wildman–Crippen MR) is 129 cm³/mol. The Labute approximate surface area is 204 Å². The van der Waals surface area contributed by atoms with Crippen molar-refractivity contribution in [2.24, 2.45) is 0 Å². The topological polar surface area (TPSA) is 78.1 Å². The van der Waals surface area contributed by atoms with Crippen molar-refractivity contribution in [2.45, 2.75) is 51.1 Å². The Balaban J connectivity index is 1.59. The van der Waals surface area contributed by atoms with Gasteiger partial charge in [-0.2, -0.15) is 18.3 Å². The van der Waals surface area contributed by atoms with Crippen LogP contribution in [-0.4, -0.2) is 50.2 Å². The molecule has 0 N–H and O–H groups in total. The molecule has 6 heterocycles. The van der Waals surface area contributed by atoms with Gasteiger partial charge in [0.2, 0.25) is 0 Å². The maximum absolute atomic E-state index is 13.6. The van der Waals surface area contributed by atoms with Crippen molar-refractivity contribution >= 4 is 27.6 Å². The normalized spacial score (nSPS) is 19.0. The predicted octanol–water partition coefficient (Wildman–Crippen LogP) is 4.67. The van der Waals surface area contributed by atoms with Crippen LogP contribution in [0.25, 0.3) is 33.1 Å². The Bertz CT molecular complexity index is 1480. The SMILES string of the molecule is O=c1c2cnn(C3CCCCO3)c2c2cnc(-c3cccnc3N3CCCC3)cc2n1CC(F)(F)F. The van der Waals surface area contributed by atoms with Crippen molar-refractivity contribution in [3.05, 3.63) is 47.1 Å². The van der Waals surface area contributed by atoms with Crippen LogP contribution in [0.4, 0.5) is 19.0 Å². The lowest BCUT2D eigenvalue weighted by Crippen LogP contribution is -2.29. The summed E-state index contributed by atoms with van der Waals surface area (Å²) in [7, 11) is 0. The van der Waals surface area contributed by atoms with Gasteiger partial charge in [0.1, 0.15) is 12.4 Å². The molecule has 36 heavy (non-hydrogen) atoms. The fraction of sp³-hybridized carbons (Fsp3) is 0.440. The number of alkyl halides is 3. The van der Waals surface area contributed by atoms with Crippen LogP contribution in [-0.2, 0) is 11.3 Å². The molecule has 0 radical (unpaired) electrons. The van der Waals surface area contributed by atoms with E-state index in [1.54, 1.807) is 29.2 Å². The molecule has 0 saturated carbocycles. The molecule has 6 rings (SSSR count). The van der Waals surface area contributed by atoms with E-state index in [-0.39, 0.29) is 17.1 Å². The van der Waals surface area contributed by atoms with Crippen LogP contribution < -0.4 is 10.5 Å². The van der Waals surface area contributed by atoms with Crippen LogP contribution in [0.2, 0.25) is 0 Å². The maximum atomic E-state index is 13.6. The largest absolute Gasteiger partial charge is 0.406 e. The number of anilines is 1. The van der Waals surface area contributed by atoms with E-state index in [0.29, 0.717) is 29.6 Å². The first-order valence-corrected chi connectivity index (χ1v) is 12.2. The van der Waals surface area contributed by atoms with E-state index in [0.717, 1.165) is 54.7 Å². The molecule has 0 amide bonds. The van der Waals surface area contributed by atoms with Gasteiger partial charge >= 0.3 is 6.18 Å². The molecular weight excluding hydrogens is 473 g/mol. The number of halogens is 3. The van der Waals surface area contributed by atoms with E-state index < -0.39 is 18.3 Å². The first-order valence-electron chi connectivity index (χ1n) is 12.2. The van der Waals surface area contributed by atoms with E-state index in [9.17, 15) is 18.0 Å². The monoisotopic (exact) mass is 498 g/mol. The molecule has 4 aromatic rings. The molecule has 4 aromatic heterocycles. The lowest BCUT2D eigenvalue weighted by Gasteiger charge is -2.24. The first kappa shape index (κ1) is 23.0. The zero-order valence-electron chi connectivity index (χ0n) is 19.5. The van der Waals surface area contributed by atoms with Gasteiger partial charge in [0, 0.05) is 43.0 Å². The molecule has 0 aromatic carbocycles. The number of hydrogen-bond donors (Lipinski definition) is 0. The molecule has 2 aliphatic heterocycles. The van der Waals surface area contributed by atoms with Crippen LogP contribution >= 0.6 is 0 Å². The minimum atomic E-state index is -4.58. The number of rotatable bonds is 4.